The molecule has 1 aromatic rings. The first-order valence-electron chi connectivity index (χ1n) is 8.26. The molecule has 6 heteroatoms. The van der Waals surface area contributed by atoms with E-state index in [0.717, 1.165) is 12.8 Å². The van der Waals surface area contributed by atoms with Crippen LogP contribution < -0.4 is 4.74 Å². The Labute approximate surface area is 156 Å². The molecule has 1 heterocycles. The fourth-order valence-corrected chi connectivity index (χ4v) is 3.14. The van der Waals surface area contributed by atoms with Crippen LogP contribution in [0.5, 0.6) is 5.75 Å². The van der Waals surface area contributed by atoms with E-state index >= 15 is 0 Å². The van der Waals surface area contributed by atoms with Crippen LogP contribution in [-0.2, 0) is 4.74 Å². The largest absolute Gasteiger partial charge is 0.489 e. The molecule has 25 heavy (non-hydrogen) atoms. The molecule has 1 fully saturated rings. The molecule has 4 nitrogen and oxygen atoms in total. The maximum atomic E-state index is 14.1. The van der Waals surface area contributed by atoms with Crippen LogP contribution in [0.2, 0.25) is 0 Å². The van der Waals surface area contributed by atoms with E-state index in [1.807, 2.05) is 20.8 Å². The van der Waals surface area contributed by atoms with Gasteiger partial charge in [-0.25, -0.2) is 9.18 Å². The molecule has 1 aliphatic rings. The highest BCUT2D eigenvalue weighted by atomic mass is 79.9. The molecule has 0 N–H and O–H groups in total. The number of ether oxygens (including phenoxy) is 2. The predicted octanol–water partition coefficient (Wildman–Crippen LogP) is 4.60. The van der Waals surface area contributed by atoms with E-state index in [1.54, 1.807) is 11.0 Å². The molecule has 1 aliphatic heterocycles. The van der Waals surface area contributed by atoms with Crippen molar-refractivity contribution >= 4 is 22.0 Å². The number of hydrogen-bond acceptors (Lipinski definition) is 3. The van der Waals surface area contributed by atoms with Crippen molar-refractivity contribution in [3.05, 3.63) is 28.0 Å². The first kappa shape index (κ1) is 19.6. The molecule has 0 spiro atoms. The number of piperidine rings is 1. The first-order valence-corrected chi connectivity index (χ1v) is 9.05. The molecule has 2 rings (SSSR count). The smallest absolute Gasteiger partial charge is 0.410 e. The van der Waals surface area contributed by atoms with Gasteiger partial charge in [-0.05, 0) is 67.6 Å². The lowest BCUT2D eigenvalue weighted by molar-refractivity contribution is 0.0164. The Morgan fingerprint density at radius 2 is 2.04 bits per heavy atom. The van der Waals surface area contributed by atoms with Gasteiger partial charge < -0.3 is 14.4 Å². The van der Waals surface area contributed by atoms with Crippen LogP contribution in [-0.4, -0.2) is 36.3 Å². The number of rotatable bonds is 3. The fourth-order valence-electron chi connectivity index (χ4n) is 2.59. The third kappa shape index (κ3) is 5.64. The highest BCUT2D eigenvalue weighted by Gasteiger charge is 2.27. The number of terminal acetylenes is 1. The number of hydrogen-bond donors (Lipinski definition) is 0. The average molecular weight is 412 g/mol. The Morgan fingerprint density at radius 1 is 1.40 bits per heavy atom. The lowest BCUT2D eigenvalue weighted by atomic mass is 9.98. The summed E-state index contributed by atoms with van der Waals surface area (Å²) < 4.78 is 25.6. The Morgan fingerprint density at radius 3 is 2.56 bits per heavy atom. The molecule has 0 radical (unpaired) electrons. The molecule has 0 bridgehead atoms. The second-order valence-corrected chi connectivity index (χ2v) is 7.99. The molecule has 1 saturated heterocycles. The summed E-state index contributed by atoms with van der Waals surface area (Å²) in [6, 6.07) is 2.94. The highest BCUT2D eigenvalue weighted by Crippen LogP contribution is 2.31. The summed E-state index contributed by atoms with van der Waals surface area (Å²) in [5.74, 6) is 2.36. The fraction of sp³-hybridized carbons (Fsp3) is 0.526. The Kier molecular flexibility index (Phi) is 6.34. The zero-order chi connectivity index (χ0) is 18.6. The van der Waals surface area contributed by atoms with Crippen molar-refractivity contribution in [1.82, 2.24) is 4.90 Å². The molecule has 0 unspecified atom stereocenters. The lowest BCUT2D eigenvalue weighted by Crippen LogP contribution is -2.42. The van der Waals surface area contributed by atoms with E-state index in [9.17, 15) is 9.18 Å². The summed E-state index contributed by atoms with van der Waals surface area (Å²) in [5, 5.41) is 0. The standard InChI is InChI=1S/C19H23BrFNO3/c1-5-13-10-15(20)17(16(21)11-13)24-12-14-6-8-22(9-7-14)18(23)25-19(2,3)4/h1,10-11,14H,6-9,12H2,2-4H3. The van der Waals surface area contributed by atoms with Crippen molar-refractivity contribution in [2.75, 3.05) is 19.7 Å². The summed E-state index contributed by atoms with van der Waals surface area (Å²) in [6.45, 7) is 7.17. The summed E-state index contributed by atoms with van der Waals surface area (Å²) in [4.78, 5) is 13.8. The quantitative estimate of drug-likeness (QED) is 0.682. The van der Waals surface area contributed by atoms with Gasteiger partial charge in [0.2, 0.25) is 0 Å². The number of carbonyl (C=O) groups excluding carboxylic acids is 1. The van der Waals surface area contributed by atoms with Gasteiger partial charge in [-0.1, -0.05) is 5.92 Å². The van der Waals surface area contributed by atoms with E-state index in [-0.39, 0.29) is 17.8 Å². The molecular formula is C19H23BrFNO3. The van der Waals surface area contributed by atoms with Crippen molar-refractivity contribution in [2.45, 2.75) is 39.2 Å². The molecule has 0 atom stereocenters. The van der Waals surface area contributed by atoms with Crippen LogP contribution in [0.3, 0.4) is 0 Å². The van der Waals surface area contributed by atoms with Gasteiger partial charge in [0.05, 0.1) is 11.1 Å². The minimum absolute atomic E-state index is 0.175. The maximum absolute atomic E-state index is 14.1. The van der Waals surface area contributed by atoms with Crippen molar-refractivity contribution in [3.8, 4) is 18.1 Å². The zero-order valence-electron chi connectivity index (χ0n) is 14.8. The number of carbonyl (C=O) groups is 1. The van der Waals surface area contributed by atoms with Crippen molar-refractivity contribution in [3.63, 3.8) is 0 Å². The molecule has 1 amide bonds. The summed E-state index contributed by atoms with van der Waals surface area (Å²) in [6.07, 6.45) is 6.58. The van der Waals surface area contributed by atoms with Gasteiger partial charge in [0, 0.05) is 18.7 Å². The zero-order valence-corrected chi connectivity index (χ0v) is 16.4. The van der Waals surface area contributed by atoms with E-state index in [0.29, 0.717) is 29.7 Å². The van der Waals surface area contributed by atoms with Gasteiger partial charge in [0.15, 0.2) is 11.6 Å². The van der Waals surface area contributed by atoms with Crippen LogP contribution in [0.4, 0.5) is 9.18 Å². The van der Waals surface area contributed by atoms with Crippen LogP contribution in [0.15, 0.2) is 16.6 Å². The van der Waals surface area contributed by atoms with Gasteiger partial charge in [0.25, 0.3) is 0 Å². The van der Waals surface area contributed by atoms with E-state index in [4.69, 9.17) is 15.9 Å². The van der Waals surface area contributed by atoms with Crippen molar-refractivity contribution < 1.29 is 18.7 Å². The summed E-state index contributed by atoms with van der Waals surface area (Å²) in [5.41, 5.74) is -0.0341. The molecular weight excluding hydrogens is 389 g/mol. The Hall–Kier alpha value is -1.74. The molecule has 0 saturated carbocycles. The molecule has 0 aliphatic carbocycles. The summed E-state index contributed by atoms with van der Waals surface area (Å²) >= 11 is 3.29. The predicted molar refractivity (Wildman–Crippen MR) is 98.1 cm³/mol. The first-order chi connectivity index (χ1) is 11.7. The van der Waals surface area contributed by atoms with Crippen LogP contribution >= 0.6 is 15.9 Å². The van der Waals surface area contributed by atoms with Crippen molar-refractivity contribution in [1.29, 1.82) is 0 Å². The summed E-state index contributed by atoms with van der Waals surface area (Å²) in [7, 11) is 0. The monoisotopic (exact) mass is 411 g/mol. The van der Waals surface area contributed by atoms with Gasteiger partial charge in [-0.2, -0.15) is 0 Å². The maximum Gasteiger partial charge on any atom is 0.410 e. The lowest BCUT2D eigenvalue weighted by Gasteiger charge is -2.33. The second-order valence-electron chi connectivity index (χ2n) is 7.14. The molecule has 1 aromatic carbocycles. The van der Waals surface area contributed by atoms with Gasteiger partial charge >= 0.3 is 6.09 Å². The molecule has 0 aromatic heterocycles. The Bertz CT molecular complexity index is 647. The topological polar surface area (TPSA) is 38.8 Å². The second kappa shape index (κ2) is 8.09. The van der Waals surface area contributed by atoms with E-state index in [1.165, 1.54) is 6.07 Å². The molecule has 136 valence electrons. The van der Waals surface area contributed by atoms with E-state index in [2.05, 4.69) is 21.9 Å². The van der Waals surface area contributed by atoms with Gasteiger partial charge in [-0.3, -0.25) is 0 Å². The minimum atomic E-state index is -0.495. The van der Waals surface area contributed by atoms with Gasteiger partial charge in [-0.15, -0.1) is 6.42 Å². The van der Waals surface area contributed by atoms with Crippen LogP contribution in [0.25, 0.3) is 0 Å². The van der Waals surface area contributed by atoms with Crippen molar-refractivity contribution in [2.24, 2.45) is 5.92 Å². The third-order valence-corrected chi connectivity index (χ3v) is 4.48. The SMILES string of the molecule is C#Cc1cc(F)c(OCC2CCN(C(=O)OC(C)(C)C)CC2)c(Br)c1. The third-order valence-electron chi connectivity index (χ3n) is 3.89. The normalized spacial score (nSPS) is 15.6. The van der Waals surface area contributed by atoms with Crippen LogP contribution in [0.1, 0.15) is 39.2 Å². The number of benzene rings is 1. The van der Waals surface area contributed by atoms with E-state index < -0.39 is 11.4 Å². The average Bonchev–Trinajstić information content (AvgIpc) is 2.52. The minimum Gasteiger partial charge on any atom is -0.489 e. The van der Waals surface area contributed by atoms with Crippen LogP contribution in [0, 0.1) is 24.1 Å². The number of amides is 1. The highest BCUT2D eigenvalue weighted by molar-refractivity contribution is 9.10. The number of nitrogens with zero attached hydrogens (tertiary/aromatic N) is 1. The van der Waals surface area contributed by atoms with Gasteiger partial charge in [0.1, 0.15) is 5.60 Å². The number of likely N-dealkylation sites (tertiary alicyclic amines) is 1. The Balaban J connectivity index is 1.85. The number of halogens is 2.